The average molecular weight is 337 g/mol. The lowest BCUT2D eigenvalue weighted by Gasteiger charge is -2.20. The van der Waals surface area contributed by atoms with Crippen LogP contribution in [0.1, 0.15) is 64.7 Å². The third-order valence-corrected chi connectivity index (χ3v) is 4.43. The largest absolute Gasteiger partial charge is 0.489 e. The van der Waals surface area contributed by atoms with E-state index in [4.69, 9.17) is 14.6 Å². The minimum atomic E-state index is -0.257. The van der Waals surface area contributed by atoms with Crippen molar-refractivity contribution < 1.29 is 24.2 Å². The summed E-state index contributed by atoms with van der Waals surface area (Å²) < 4.78 is 10.1. The summed E-state index contributed by atoms with van der Waals surface area (Å²) in [6, 6.07) is 0. The smallest absolute Gasteiger partial charge is 0.228 e. The van der Waals surface area contributed by atoms with Gasteiger partial charge in [0.2, 0.25) is 23.1 Å². The Labute approximate surface area is 144 Å². The maximum atomic E-state index is 12.5. The standard InChI is InChI=1S/C19H30O5/c1-14-15(12-10-8-6-4-5-7-9-11-13-20)17(22)19(24-3)18(23-2)16(14)21/h20H,4-13H2,1-3H3/i3-1. The highest BCUT2D eigenvalue weighted by molar-refractivity contribution is 6.23. The van der Waals surface area contributed by atoms with Gasteiger partial charge in [-0.05, 0) is 26.2 Å². The average Bonchev–Trinajstić information content (AvgIpc) is 2.58. The lowest BCUT2D eigenvalue weighted by molar-refractivity contribution is -0.121. The third kappa shape index (κ3) is 5.48. The summed E-state index contributed by atoms with van der Waals surface area (Å²) in [4.78, 5) is 24.7. The van der Waals surface area contributed by atoms with E-state index in [9.17, 15) is 9.59 Å². The minimum absolute atomic E-state index is 0.00614. The number of unbranched alkanes of at least 4 members (excludes halogenated alkanes) is 7. The Bertz CT molecular complexity index is 502. The van der Waals surface area contributed by atoms with Gasteiger partial charge in [-0.1, -0.05) is 38.5 Å². The number of rotatable bonds is 12. The van der Waals surface area contributed by atoms with Gasteiger partial charge in [0, 0.05) is 17.8 Å². The van der Waals surface area contributed by atoms with Crippen LogP contribution in [0, 0.1) is 0 Å². The maximum Gasteiger partial charge on any atom is 0.228 e. The van der Waals surface area contributed by atoms with Crippen molar-refractivity contribution in [1.29, 1.82) is 0 Å². The van der Waals surface area contributed by atoms with Crippen LogP contribution >= 0.6 is 0 Å². The van der Waals surface area contributed by atoms with Crippen molar-refractivity contribution in [3.05, 3.63) is 22.7 Å². The topological polar surface area (TPSA) is 72.8 Å². The molecule has 0 aromatic heterocycles. The van der Waals surface area contributed by atoms with Crippen LogP contribution in [0.25, 0.3) is 0 Å². The predicted molar refractivity (Wildman–Crippen MR) is 92.4 cm³/mol. The molecule has 0 unspecified atom stereocenters. The Morgan fingerprint density at radius 1 is 0.750 bits per heavy atom. The number of hydrogen-bond acceptors (Lipinski definition) is 5. The van der Waals surface area contributed by atoms with Crippen LogP contribution in [-0.2, 0) is 19.1 Å². The van der Waals surface area contributed by atoms with E-state index in [1.54, 1.807) is 6.92 Å². The number of aliphatic hydroxyl groups excluding tert-OH is 1. The van der Waals surface area contributed by atoms with Crippen molar-refractivity contribution in [1.82, 2.24) is 0 Å². The molecule has 0 saturated carbocycles. The van der Waals surface area contributed by atoms with Gasteiger partial charge >= 0.3 is 0 Å². The first kappa shape index (κ1) is 20.4. The van der Waals surface area contributed by atoms with Gasteiger partial charge in [-0.2, -0.15) is 0 Å². The molecule has 0 aliphatic heterocycles. The maximum absolute atomic E-state index is 12.5. The van der Waals surface area contributed by atoms with Crippen molar-refractivity contribution in [3.8, 4) is 0 Å². The molecule has 0 radical (unpaired) electrons. The fourth-order valence-corrected chi connectivity index (χ4v) is 2.97. The quantitative estimate of drug-likeness (QED) is 0.436. The zero-order valence-electron chi connectivity index (χ0n) is 15.2. The lowest BCUT2D eigenvalue weighted by Crippen LogP contribution is -2.25. The molecule has 1 aliphatic carbocycles. The zero-order valence-corrected chi connectivity index (χ0v) is 15.2. The molecule has 0 amide bonds. The van der Waals surface area contributed by atoms with Gasteiger partial charge in [0.15, 0.2) is 0 Å². The molecule has 0 spiro atoms. The molecule has 1 N–H and O–H groups in total. The van der Waals surface area contributed by atoms with E-state index in [1.165, 1.54) is 33.5 Å². The Hall–Kier alpha value is -1.62. The van der Waals surface area contributed by atoms with Crippen LogP contribution in [-0.4, -0.2) is 37.5 Å². The van der Waals surface area contributed by atoms with Gasteiger partial charge in [0.05, 0.1) is 14.2 Å². The number of methoxy groups -OCH3 is 2. The van der Waals surface area contributed by atoms with Gasteiger partial charge < -0.3 is 14.6 Å². The van der Waals surface area contributed by atoms with Crippen LogP contribution in [0.2, 0.25) is 0 Å². The summed E-state index contributed by atoms with van der Waals surface area (Å²) in [6.45, 7) is 1.96. The van der Waals surface area contributed by atoms with Crippen LogP contribution in [0.3, 0.4) is 0 Å². The fourth-order valence-electron chi connectivity index (χ4n) is 2.97. The molecule has 0 heterocycles. The number of ether oxygens (including phenoxy) is 2. The summed E-state index contributed by atoms with van der Waals surface area (Å²) >= 11 is 0. The minimum Gasteiger partial charge on any atom is -0.489 e. The summed E-state index contributed by atoms with van der Waals surface area (Å²) in [6.07, 6.45) is 9.17. The first-order valence-electron chi connectivity index (χ1n) is 8.80. The Kier molecular flexibility index (Phi) is 9.38. The molecule has 1 aliphatic rings. The first-order chi connectivity index (χ1) is 11.6. The van der Waals surface area contributed by atoms with Crippen LogP contribution in [0.15, 0.2) is 22.7 Å². The van der Waals surface area contributed by atoms with Gasteiger partial charge in [-0.15, -0.1) is 0 Å². The molecule has 0 fully saturated rings. The number of aliphatic hydroxyl groups is 1. The lowest BCUT2D eigenvalue weighted by atomic mass is 9.89. The molecule has 1 rings (SSSR count). The molecule has 0 bridgehead atoms. The van der Waals surface area contributed by atoms with E-state index < -0.39 is 0 Å². The van der Waals surface area contributed by atoms with E-state index in [-0.39, 0.29) is 29.7 Å². The van der Waals surface area contributed by atoms with Crippen molar-refractivity contribution in [2.24, 2.45) is 0 Å². The second-order valence-electron chi connectivity index (χ2n) is 6.13. The summed E-state index contributed by atoms with van der Waals surface area (Å²) in [7, 11) is 2.76. The molecule has 24 heavy (non-hydrogen) atoms. The van der Waals surface area contributed by atoms with E-state index in [0.29, 0.717) is 17.6 Å². The summed E-state index contributed by atoms with van der Waals surface area (Å²) in [5, 5.41) is 8.72. The first-order valence-corrected chi connectivity index (χ1v) is 8.80. The van der Waals surface area contributed by atoms with Gasteiger partial charge in [0.25, 0.3) is 0 Å². The number of carbonyl (C=O) groups is 2. The number of ketones is 2. The zero-order chi connectivity index (χ0) is 17.9. The molecule has 0 atom stereocenters. The highest BCUT2D eigenvalue weighted by Crippen LogP contribution is 2.28. The number of allylic oxidation sites excluding steroid dienone is 2. The molecule has 0 aromatic rings. The monoisotopic (exact) mass is 337 g/mol. The number of carbonyl (C=O) groups excluding carboxylic acids is 2. The van der Waals surface area contributed by atoms with E-state index >= 15 is 0 Å². The van der Waals surface area contributed by atoms with E-state index in [2.05, 4.69) is 0 Å². The Morgan fingerprint density at radius 3 is 1.71 bits per heavy atom. The van der Waals surface area contributed by atoms with Crippen molar-refractivity contribution in [2.75, 3.05) is 20.8 Å². The normalized spacial score (nSPS) is 15.3. The molecule has 136 valence electrons. The predicted octanol–water partition coefficient (Wildman–Crippen LogP) is 3.46. The molecular formula is C19H30O5. The Morgan fingerprint density at radius 2 is 1.21 bits per heavy atom. The van der Waals surface area contributed by atoms with Crippen LogP contribution in [0.5, 0.6) is 0 Å². The number of hydrogen-bond donors (Lipinski definition) is 1. The second kappa shape index (κ2) is 11.0. The van der Waals surface area contributed by atoms with Crippen molar-refractivity contribution in [3.63, 3.8) is 0 Å². The highest BCUT2D eigenvalue weighted by atomic mass is 16.5. The molecule has 5 nitrogen and oxygen atoms in total. The molecule has 5 heteroatoms. The van der Waals surface area contributed by atoms with Crippen LogP contribution < -0.4 is 0 Å². The fraction of sp³-hybridized carbons (Fsp3) is 0.684. The van der Waals surface area contributed by atoms with Gasteiger partial charge in [-0.25, -0.2) is 0 Å². The van der Waals surface area contributed by atoms with Gasteiger partial charge in [0.1, 0.15) is 0 Å². The van der Waals surface area contributed by atoms with Gasteiger partial charge in [-0.3, -0.25) is 9.59 Å². The van der Waals surface area contributed by atoms with E-state index in [1.807, 2.05) is 0 Å². The van der Waals surface area contributed by atoms with Crippen molar-refractivity contribution >= 4 is 11.6 Å². The molecule has 0 saturated heterocycles. The molecule has 0 aromatic carbocycles. The second-order valence-corrected chi connectivity index (χ2v) is 6.13. The third-order valence-electron chi connectivity index (χ3n) is 4.43. The summed E-state index contributed by atoms with van der Waals surface area (Å²) in [5.74, 6) is -0.457. The van der Waals surface area contributed by atoms with Crippen LogP contribution in [0.4, 0.5) is 0 Å². The van der Waals surface area contributed by atoms with Crippen molar-refractivity contribution in [2.45, 2.75) is 64.7 Å². The number of Topliss-reactive ketones (excluding diaryl/α,β-unsaturated/α-hetero) is 2. The highest BCUT2D eigenvalue weighted by Gasteiger charge is 2.34. The Balaban J connectivity index is 2.41. The SMILES string of the molecule is COC1=C(O[11CH3])C(=O)C(CCCCCCCCCCO)=C(C)C1=O. The van der Waals surface area contributed by atoms with E-state index in [0.717, 1.165) is 32.1 Å². The summed E-state index contributed by atoms with van der Waals surface area (Å²) in [5.41, 5.74) is 1.03. The molecular weight excluding hydrogens is 307 g/mol.